The number of fused-ring (bicyclic) bond motifs is 2. The maximum absolute atomic E-state index is 12.2. The fourth-order valence-corrected chi connectivity index (χ4v) is 4.08. The SMILES string of the molecule is Cc1c(/C=N\NC(=O)CSc2nc3ccccc3n2C)c2ccccc2n1C. The highest BCUT2D eigenvalue weighted by atomic mass is 32.2. The summed E-state index contributed by atoms with van der Waals surface area (Å²) in [5.41, 5.74) is 7.86. The van der Waals surface area contributed by atoms with E-state index in [0.29, 0.717) is 0 Å². The monoisotopic (exact) mass is 391 g/mol. The summed E-state index contributed by atoms with van der Waals surface area (Å²) in [5.74, 6) is 0.0921. The summed E-state index contributed by atoms with van der Waals surface area (Å²) in [6.07, 6.45) is 1.72. The van der Waals surface area contributed by atoms with Crippen molar-refractivity contribution in [2.75, 3.05) is 5.75 Å². The number of rotatable bonds is 5. The molecule has 0 unspecified atom stereocenters. The van der Waals surface area contributed by atoms with Crippen molar-refractivity contribution in [3.05, 3.63) is 59.8 Å². The second-order valence-electron chi connectivity index (χ2n) is 6.60. The molecule has 1 amide bonds. The van der Waals surface area contributed by atoms with Crippen molar-refractivity contribution in [3.8, 4) is 0 Å². The van der Waals surface area contributed by atoms with Crippen LogP contribution in [0.15, 0.2) is 58.8 Å². The molecule has 4 aromatic rings. The summed E-state index contributed by atoms with van der Waals surface area (Å²) in [6, 6.07) is 16.1. The van der Waals surface area contributed by atoms with Gasteiger partial charge in [0.05, 0.1) is 23.0 Å². The Morgan fingerprint density at radius 1 is 1.11 bits per heavy atom. The molecule has 0 saturated heterocycles. The molecule has 6 nitrogen and oxygen atoms in total. The van der Waals surface area contributed by atoms with Crippen molar-refractivity contribution in [3.63, 3.8) is 0 Å². The second kappa shape index (κ2) is 7.52. The number of amides is 1. The Bertz CT molecular complexity index is 1200. The van der Waals surface area contributed by atoms with Crippen LogP contribution in [0.4, 0.5) is 0 Å². The molecule has 0 radical (unpaired) electrons. The van der Waals surface area contributed by atoms with Crippen molar-refractivity contribution in [1.29, 1.82) is 0 Å². The highest BCUT2D eigenvalue weighted by Crippen LogP contribution is 2.23. The van der Waals surface area contributed by atoms with E-state index in [1.54, 1.807) is 6.21 Å². The van der Waals surface area contributed by atoms with Crippen LogP contribution in [0.5, 0.6) is 0 Å². The second-order valence-corrected chi connectivity index (χ2v) is 7.54. The predicted molar refractivity (Wildman–Crippen MR) is 115 cm³/mol. The van der Waals surface area contributed by atoms with Gasteiger partial charge in [-0.3, -0.25) is 4.79 Å². The molecular formula is C21H21N5OS. The van der Waals surface area contributed by atoms with Crippen LogP contribution in [0.3, 0.4) is 0 Å². The molecule has 2 aromatic carbocycles. The normalized spacial score (nSPS) is 11.7. The van der Waals surface area contributed by atoms with E-state index in [4.69, 9.17) is 0 Å². The van der Waals surface area contributed by atoms with Crippen LogP contribution in [-0.2, 0) is 18.9 Å². The van der Waals surface area contributed by atoms with E-state index in [1.165, 1.54) is 11.8 Å². The molecule has 0 bridgehead atoms. The van der Waals surface area contributed by atoms with Crippen LogP contribution >= 0.6 is 11.8 Å². The van der Waals surface area contributed by atoms with Crippen molar-refractivity contribution < 1.29 is 4.79 Å². The number of imidazole rings is 1. The van der Waals surface area contributed by atoms with Gasteiger partial charge < -0.3 is 9.13 Å². The number of hydrogen-bond donors (Lipinski definition) is 1. The molecule has 0 aliphatic rings. The Labute approximate surface area is 167 Å². The van der Waals surface area contributed by atoms with Crippen LogP contribution in [0.1, 0.15) is 11.3 Å². The van der Waals surface area contributed by atoms with Crippen molar-refractivity contribution in [1.82, 2.24) is 19.5 Å². The number of aryl methyl sites for hydroxylation is 2. The maximum Gasteiger partial charge on any atom is 0.250 e. The standard InChI is InChI=1S/C21H21N5OS/c1-14-16(15-8-4-6-10-18(15)25(14)2)12-22-24-20(27)13-28-21-23-17-9-5-7-11-19(17)26(21)3/h4-12H,13H2,1-3H3,(H,24,27)/b22-12-. The molecule has 2 heterocycles. The maximum atomic E-state index is 12.2. The molecule has 4 rings (SSSR count). The Morgan fingerprint density at radius 2 is 1.82 bits per heavy atom. The Hall–Kier alpha value is -3.06. The first kappa shape index (κ1) is 18.3. The number of hydrazone groups is 1. The van der Waals surface area contributed by atoms with Gasteiger partial charge in [0.25, 0.3) is 5.91 Å². The first-order chi connectivity index (χ1) is 13.6. The number of nitrogens with zero attached hydrogens (tertiary/aromatic N) is 4. The third kappa shape index (κ3) is 3.29. The lowest BCUT2D eigenvalue weighted by Crippen LogP contribution is -2.20. The lowest BCUT2D eigenvalue weighted by atomic mass is 10.1. The van der Waals surface area contributed by atoms with Crippen molar-refractivity contribution in [2.24, 2.45) is 19.2 Å². The molecule has 0 fully saturated rings. The first-order valence-electron chi connectivity index (χ1n) is 8.96. The average Bonchev–Trinajstić information content (AvgIpc) is 3.16. The van der Waals surface area contributed by atoms with Crippen molar-refractivity contribution in [2.45, 2.75) is 12.1 Å². The van der Waals surface area contributed by atoms with Crippen LogP contribution in [0.2, 0.25) is 0 Å². The fourth-order valence-electron chi connectivity index (χ4n) is 3.30. The Balaban J connectivity index is 1.42. The number of para-hydroxylation sites is 3. The molecule has 0 aliphatic carbocycles. The molecule has 2 aromatic heterocycles. The summed E-state index contributed by atoms with van der Waals surface area (Å²) < 4.78 is 4.12. The van der Waals surface area contributed by atoms with Crippen LogP contribution in [0.25, 0.3) is 21.9 Å². The van der Waals surface area contributed by atoms with Gasteiger partial charge in [-0.05, 0) is 25.1 Å². The van der Waals surface area contributed by atoms with E-state index in [9.17, 15) is 4.79 Å². The highest BCUT2D eigenvalue weighted by molar-refractivity contribution is 7.99. The van der Waals surface area contributed by atoms with E-state index in [2.05, 4.69) is 32.2 Å². The number of benzene rings is 2. The zero-order valence-corrected chi connectivity index (χ0v) is 16.8. The molecule has 0 saturated carbocycles. The first-order valence-corrected chi connectivity index (χ1v) is 9.95. The molecule has 0 aliphatic heterocycles. The lowest BCUT2D eigenvalue weighted by Gasteiger charge is -2.02. The predicted octanol–water partition coefficient (Wildman–Crippen LogP) is 3.62. The molecule has 0 atom stereocenters. The molecular weight excluding hydrogens is 370 g/mol. The van der Waals surface area contributed by atoms with Crippen LogP contribution < -0.4 is 5.43 Å². The number of carbonyl (C=O) groups excluding carboxylic acids is 1. The number of nitrogens with one attached hydrogen (secondary N) is 1. The third-order valence-corrected chi connectivity index (χ3v) is 5.94. The van der Waals surface area contributed by atoms with Gasteiger partial charge in [-0.2, -0.15) is 5.10 Å². The zero-order chi connectivity index (χ0) is 19.7. The molecule has 28 heavy (non-hydrogen) atoms. The van der Waals surface area contributed by atoms with Gasteiger partial charge in [-0.1, -0.05) is 42.1 Å². The number of hydrogen-bond acceptors (Lipinski definition) is 4. The van der Waals surface area contributed by atoms with Gasteiger partial charge in [0.15, 0.2) is 5.16 Å². The average molecular weight is 392 g/mol. The highest BCUT2D eigenvalue weighted by Gasteiger charge is 2.11. The van der Waals surface area contributed by atoms with E-state index in [1.807, 2.05) is 62.0 Å². The van der Waals surface area contributed by atoms with E-state index in [-0.39, 0.29) is 11.7 Å². The van der Waals surface area contributed by atoms with Gasteiger partial charge in [-0.15, -0.1) is 0 Å². The molecule has 0 spiro atoms. The minimum Gasteiger partial charge on any atom is -0.347 e. The summed E-state index contributed by atoms with van der Waals surface area (Å²) >= 11 is 1.40. The molecule has 7 heteroatoms. The summed E-state index contributed by atoms with van der Waals surface area (Å²) in [5, 5.41) is 6.10. The van der Waals surface area contributed by atoms with E-state index < -0.39 is 0 Å². The van der Waals surface area contributed by atoms with Crippen molar-refractivity contribution >= 4 is 45.8 Å². The Morgan fingerprint density at radius 3 is 2.61 bits per heavy atom. The molecule has 142 valence electrons. The zero-order valence-electron chi connectivity index (χ0n) is 16.0. The van der Waals surface area contributed by atoms with Gasteiger partial charge in [0.1, 0.15) is 0 Å². The minimum atomic E-state index is -0.161. The molecule has 1 N–H and O–H groups in total. The van der Waals surface area contributed by atoms with Gasteiger partial charge in [0.2, 0.25) is 0 Å². The third-order valence-electron chi connectivity index (χ3n) is 4.91. The number of thioether (sulfide) groups is 1. The summed E-state index contributed by atoms with van der Waals surface area (Å²) in [7, 11) is 3.98. The topological polar surface area (TPSA) is 64.2 Å². The van der Waals surface area contributed by atoms with E-state index >= 15 is 0 Å². The van der Waals surface area contributed by atoms with E-state index in [0.717, 1.165) is 38.4 Å². The fraction of sp³-hybridized carbons (Fsp3) is 0.190. The number of carbonyl (C=O) groups is 1. The van der Waals surface area contributed by atoms with Gasteiger partial charge in [-0.25, -0.2) is 10.4 Å². The quantitative estimate of drug-likeness (QED) is 0.321. The number of aromatic nitrogens is 3. The minimum absolute atomic E-state index is 0.161. The van der Waals surface area contributed by atoms with Crippen LogP contribution in [-0.4, -0.2) is 32.0 Å². The Kier molecular flexibility index (Phi) is 4.92. The summed E-state index contributed by atoms with van der Waals surface area (Å²) in [4.78, 5) is 16.8. The van der Waals surface area contributed by atoms with Gasteiger partial charge in [0, 0.05) is 36.3 Å². The lowest BCUT2D eigenvalue weighted by molar-refractivity contribution is -0.118. The summed E-state index contributed by atoms with van der Waals surface area (Å²) in [6.45, 7) is 2.05. The van der Waals surface area contributed by atoms with Crippen LogP contribution in [0, 0.1) is 6.92 Å². The smallest absolute Gasteiger partial charge is 0.250 e. The largest absolute Gasteiger partial charge is 0.347 e. The van der Waals surface area contributed by atoms with Gasteiger partial charge >= 0.3 is 0 Å².